The smallest absolute Gasteiger partial charge is 0.308 e. The minimum absolute atomic E-state index is 0.0453. The maximum Gasteiger partial charge on any atom is 0.308 e. The molecular weight excluding hydrogens is 376 g/mol. The van der Waals surface area contributed by atoms with Gasteiger partial charge in [-0.15, -0.1) is 0 Å². The molecule has 0 unspecified atom stereocenters. The van der Waals surface area contributed by atoms with Gasteiger partial charge in [0.2, 0.25) is 0 Å². The molecule has 0 radical (unpaired) electrons. The normalized spacial score (nSPS) is 18.8. The Kier molecular flexibility index (Phi) is 7.71. The van der Waals surface area contributed by atoms with Gasteiger partial charge in [-0.2, -0.15) is 0 Å². The van der Waals surface area contributed by atoms with E-state index in [1.54, 1.807) is 9.95 Å². The number of hydrogen-bond acceptors (Lipinski definition) is 5. The summed E-state index contributed by atoms with van der Waals surface area (Å²) in [4.78, 5) is 38.8. The van der Waals surface area contributed by atoms with Gasteiger partial charge >= 0.3 is 10.8 Å². The van der Waals surface area contributed by atoms with Gasteiger partial charge in [0.15, 0.2) is 6.61 Å². The van der Waals surface area contributed by atoms with Gasteiger partial charge in [0.05, 0.1) is 6.42 Å². The average molecular weight is 409 g/mol. The van der Waals surface area contributed by atoms with Crippen LogP contribution in [0, 0.1) is 6.92 Å². The first-order valence-corrected chi connectivity index (χ1v) is 11.6. The second-order valence-electron chi connectivity index (χ2n) is 8.09. The summed E-state index contributed by atoms with van der Waals surface area (Å²) >= 11 is 1.13. The third-order valence-corrected chi connectivity index (χ3v) is 6.98. The first-order valence-electron chi connectivity index (χ1n) is 10.7. The van der Waals surface area contributed by atoms with Crippen LogP contribution in [0.5, 0.6) is 0 Å². The zero-order valence-corrected chi connectivity index (χ0v) is 17.7. The molecular formula is C21H32N2O4S. The molecule has 1 amide bonds. The van der Waals surface area contributed by atoms with E-state index in [4.69, 9.17) is 4.74 Å². The van der Waals surface area contributed by atoms with Crippen LogP contribution >= 0.6 is 11.3 Å². The molecule has 2 fully saturated rings. The van der Waals surface area contributed by atoms with Crippen molar-refractivity contribution in [3.63, 3.8) is 0 Å². The summed E-state index contributed by atoms with van der Waals surface area (Å²) < 4.78 is 6.88. The highest BCUT2D eigenvalue weighted by atomic mass is 32.1. The van der Waals surface area contributed by atoms with Gasteiger partial charge in [0.25, 0.3) is 5.91 Å². The van der Waals surface area contributed by atoms with E-state index in [0.29, 0.717) is 18.6 Å². The van der Waals surface area contributed by atoms with Crippen LogP contribution in [0.2, 0.25) is 0 Å². The van der Waals surface area contributed by atoms with Crippen LogP contribution in [-0.2, 0) is 20.9 Å². The van der Waals surface area contributed by atoms with Crippen molar-refractivity contribution in [2.75, 3.05) is 6.61 Å². The van der Waals surface area contributed by atoms with Gasteiger partial charge in [-0.1, -0.05) is 49.9 Å². The van der Waals surface area contributed by atoms with Gasteiger partial charge in [-0.05, 0) is 32.6 Å². The fourth-order valence-corrected chi connectivity index (χ4v) is 5.35. The first kappa shape index (κ1) is 21.1. The Balaban J connectivity index is 1.53. The van der Waals surface area contributed by atoms with Crippen molar-refractivity contribution in [3.8, 4) is 0 Å². The molecule has 0 spiro atoms. The zero-order valence-electron chi connectivity index (χ0n) is 16.9. The lowest BCUT2D eigenvalue weighted by atomic mass is 9.88. The SMILES string of the molecule is Cc1csc(=O)n1CCC(=O)OCC(=O)N(C1CCCCC1)C1CCCCC1. The maximum atomic E-state index is 13.0. The van der Waals surface area contributed by atoms with Crippen LogP contribution in [0.3, 0.4) is 0 Å². The van der Waals surface area contributed by atoms with Crippen LogP contribution in [0.15, 0.2) is 10.2 Å². The second-order valence-corrected chi connectivity index (χ2v) is 8.91. The van der Waals surface area contributed by atoms with E-state index in [1.165, 1.54) is 38.5 Å². The molecule has 156 valence electrons. The first-order chi connectivity index (χ1) is 13.6. The van der Waals surface area contributed by atoms with Gasteiger partial charge in [-0.3, -0.25) is 14.4 Å². The maximum absolute atomic E-state index is 13.0. The fourth-order valence-electron chi connectivity index (χ4n) is 4.59. The Morgan fingerprint density at radius 3 is 2.14 bits per heavy atom. The monoisotopic (exact) mass is 408 g/mol. The molecule has 1 aromatic heterocycles. The lowest BCUT2D eigenvalue weighted by molar-refractivity contribution is -0.155. The molecule has 7 heteroatoms. The lowest BCUT2D eigenvalue weighted by Gasteiger charge is -2.41. The Morgan fingerprint density at radius 1 is 1.07 bits per heavy atom. The number of thiazole rings is 1. The minimum Gasteiger partial charge on any atom is -0.456 e. The summed E-state index contributed by atoms with van der Waals surface area (Å²) in [6, 6.07) is 0.602. The van der Waals surface area contributed by atoms with Crippen LogP contribution < -0.4 is 4.87 Å². The number of carbonyl (C=O) groups excluding carboxylic acids is 2. The van der Waals surface area contributed by atoms with Crippen LogP contribution in [0.4, 0.5) is 0 Å². The summed E-state index contributed by atoms with van der Waals surface area (Å²) in [6.45, 7) is 1.97. The van der Waals surface area contributed by atoms with Crippen LogP contribution in [-0.4, -0.2) is 40.0 Å². The number of hydrogen-bond donors (Lipinski definition) is 0. The molecule has 6 nitrogen and oxygen atoms in total. The molecule has 1 aromatic rings. The third-order valence-electron chi connectivity index (χ3n) is 6.10. The van der Waals surface area contributed by atoms with Crippen LogP contribution in [0.1, 0.15) is 76.3 Å². The molecule has 0 aromatic carbocycles. The molecule has 0 saturated heterocycles. The predicted molar refractivity (Wildman–Crippen MR) is 109 cm³/mol. The summed E-state index contributed by atoms with van der Waals surface area (Å²) in [5.74, 6) is -0.464. The van der Waals surface area contributed by atoms with Crippen molar-refractivity contribution in [1.82, 2.24) is 9.47 Å². The Morgan fingerprint density at radius 2 is 1.64 bits per heavy atom. The zero-order chi connectivity index (χ0) is 19.9. The number of aromatic nitrogens is 1. The van der Waals surface area contributed by atoms with Crippen molar-refractivity contribution in [1.29, 1.82) is 0 Å². The molecule has 28 heavy (non-hydrogen) atoms. The van der Waals surface area contributed by atoms with E-state index < -0.39 is 5.97 Å². The fraction of sp³-hybridized carbons (Fsp3) is 0.762. The number of rotatable bonds is 7. The van der Waals surface area contributed by atoms with Gasteiger partial charge in [0, 0.05) is 29.7 Å². The van der Waals surface area contributed by atoms with E-state index in [1.807, 2.05) is 6.92 Å². The van der Waals surface area contributed by atoms with E-state index >= 15 is 0 Å². The summed E-state index contributed by atoms with van der Waals surface area (Å²) in [7, 11) is 0. The molecule has 1 heterocycles. The molecule has 0 atom stereocenters. The van der Waals surface area contributed by atoms with E-state index in [2.05, 4.69) is 4.90 Å². The third kappa shape index (κ3) is 5.46. The summed E-state index contributed by atoms with van der Waals surface area (Å²) in [5.41, 5.74) is 0.847. The topological polar surface area (TPSA) is 68.6 Å². The van der Waals surface area contributed by atoms with Crippen molar-refractivity contribution in [3.05, 3.63) is 20.7 Å². The summed E-state index contributed by atoms with van der Waals surface area (Å²) in [6.07, 6.45) is 11.6. The largest absolute Gasteiger partial charge is 0.456 e. The Bertz CT molecular complexity index is 696. The molecule has 2 aliphatic rings. The minimum atomic E-state index is -0.418. The highest BCUT2D eigenvalue weighted by Gasteiger charge is 2.32. The van der Waals surface area contributed by atoms with Crippen LogP contribution in [0.25, 0.3) is 0 Å². The number of aryl methyl sites for hydroxylation is 1. The molecule has 0 aliphatic heterocycles. The number of esters is 1. The van der Waals surface area contributed by atoms with Gasteiger partial charge in [-0.25, -0.2) is 0 Å². The molecule has 0 N–H and O–H groups in total. The number of nitrogens with zero attached hydrogens (tertiary/aromatic N) is 2. The Labute approximate surface area is 170 Å². The van der Waals surface area contributed by atoms with E-state index in [0.717, 1.165) is 42.7 Å². The van der Waals surface area contributed by atoms with Crippen molar-refractivity contribution in [2.24, 2.45) is 0 Å². The highest BCUT2D eigenvalue weighted by Crippen LogP contribution is 2.30. The number of amides is 1. The lowest BCUT2D eigenvalue weighted by Crippen LogP contribution is -2.50. The van der Waals surface area contributed by atoms with E-state index in [9.17, 15) is 14.4 Å². The van der Waals surface area contributed by atoms with Gasteiger partial charge in [0.1, 0.15) is 0 Å². The number of ether oxygens (including phenoxy) is 1. The second kappa shape index (κ2) is 10.2. The van der Waals surface area contributed by atoms with Crippen molar-refractivity contribution in [2.45, 2.75) is 96.2 Å². The van der Waals surface area contributed by atoms with Gasteiger partial charge < -0.3 is 14.2 Å². The summed E-state index contributed by atoms with van der Waals surface area (Å²) in [5, 5.41) is 1.78. The molecule has 2 aliphatic carbocycles. The standard InChI is InChI=1S/C21H32N2O4S/c1-16-15-28-21(26)22(16)13-12-20(25)27-14-19(24)23(17-8-4-2-5-9-17)18-10-6-3-7-11-18/h15,17-18H,2-14H2,1H3. The molecule has 2 saturated carbocycles. The molecule has 0 bridgehead atoms. The highest BCUT2D eigenvalue weighted by molar-refractivity contribution is 7.07. The average Bonchev–Trinajstić information content (AvgIpc) is 3.04. The van der Waals surface area contributed by atoms with Crippen molar-refractivity contribution < 1.29 is 14.3 Å². The molecule has 3 rings (SSSR count). The number of carbonyl (C=O) groups is 2. The van der Waals surface area contributed by atoms with E-state index in [-0.39, 0.29) is 23.8 Å². The predicted octanol–water partition coefficient (Wildman–Crippen LogP) is 3.65. The quantitative estimate of drug-likeness (QED) is 0.646. The van der Waals surface area contributed by atoms with Crippen molar-refractivity contribution >= 4 is 23.2 Å². The Hall–Kier alpha value is -1.63.